The lowest BCUT2D eigenvalue weighted by Gasteiger charge is -2.27. The standard InChI is InChI=1S/C21H29NO7/c1-12(2)9-16(21(27)28)11-19(26)20(29-14(4)24)18(22-13(3)23)10-15-5-7-17(25)8-6-15/h5-8,12,16,18,20,25H,9-11H2,1-4H3,(H,22,23)(H,27,28)/t16-,18-,20+/m1/s1. The molecule has 3 atom stereocenters. The normalized spacial score (nSPS) is 14.0. The van der Waals surface area contributed by atoms with E-state index in [9.17, 15) is 29.4 Å². The monoisotopic (exact) mass is 407 g/mol. The summed E-state index contributed by atoms with van der Waals surface area (Å²) in [4.78, 5) is 47.7. The number of phenols is 1. The number of hydrogen-bond acceptors (Lipinski definition) is 6. The van der Waals surface area contributed by atoms with Crippen LogP contribution in [-0.2, 0) is 30.3 Å². The van der Waals surface area contributed by atoms with Gasteiger partial charge in [0.1, 0.15) is 5.75 Å². The fraction of sp³-hybridized carbons (Fsp3) is 0.524. The second-order valence-electron chi connectivity index (χ2n) is 7.54. The van der Waals surface area contributed by atoms with E-state index in [1.54, 1.807) is 12.1 Å². The number of rotatable bonds is 11. The van der Waals surface area contributed by atoms with Gasteiger partial charge in [-0.1, -0.05) is 26.0 Å². The molecule has 160 valence electrons. The second-order valence-corrected chi connectivity index (χ2v) is 7.54. The highest BCUT2D eigenvalue weighted by molar-refractivity contribution is 5.90. The number of nitrogens with one attached hydrogen (secondary N) is 1. The van der Waals surface area contributed by atoms with Gasteiger partial charge in [-0.15, -0.1) is 0 Å². The van der Waals surface area contributed by atoms with Gasteiger partial charge < -0.3 is 20.3 Å². The van der Waals surface area contributed by atoms with Gasteiger partial charge in [0, 0.05) is 20.3 Å². The molecule has 1 aromatic rings. The van der Waals surface area contributed by atoms with Crippen LogP contribution in [0, 0.1) is 11.8 Å². The van der Waals surface area contributed by atoms with Crippen molar-refractivity contribution in [1.29, 1.82) is 0 Å². The Labute approximate surface area is 170 Å². The molecule has 8 heteroatoms. The number of carboxylic acid groups (broad SMARTS) is 1. The average Bonchev–Trinajstić information content (AvgIpc) is 2.59. The SMILES string of the molecule is CC(=O)N[C@H](Cc1ccc(O)cc1)[C@H](OC(C)=O)C(=O)C[C@@H](CC(C)C)C(=O)O. The van der Waals surface area contributed by atoms with Crippen LogP contribution in [0.4, 0.5) is 0 Å². The van der Waals surface area contributed by atoms with E-state index < -0.39 is 41.7 Å². The summed E-state index contributed by atoms with van der Waals surface area (Å²) in [5.74, 6) is -3.56. The molecule has 3 N–H and O–H groups in total. The first-order valence-electron chi connectivity index (χ1n) is 9.47. The summed E-state index contributed by atoms with van der Waals surface area (Å²) < 4.78 is 5.21. The molecule has 0 spiro atoms. The minimum absolute atomic E-state index is 0.0652. The molecule has 0 saturated heterocycles. The molecule has 0 bridgehead atoms. The Balaban J connectivity index is 3.13. The van der Waals surface area contributed by atoms with E-state index in [2.05, 4.69) is 5.32 Å². The number of aromatic hydroxyl groups is 1. The van der Waals surface area contributed by atoms with E-state index in [0.29, 0.717) is 12.0 Å². The zero-order valence-electron chi connectivity index (χ0n) is 17.2. The van der Waals surface area contributed by atoms with Gasteiger partial charge in [0.15, 0.2) is 11.9 Å². The zero-order valence-corrected chi connectivity index (χ0v) is 17.2. The average molecular weight is 407 g/mol. The molecular formula is C21H29NO7. The minimum Gasteiger partial charge on any atom is -0.508 e. The summed E-state index contributed by atoms with van der Waals surface area (Å²) in [7, 11) is 0. The first-order valence-corrected chi connectivity index (χ1v) is 9.47. The largest absolute Gasteiger partial charge is 0.508 e. The van der Waals surface area contributed by atoms with Gasteiger partial charge in [0.2, 0.25) is 5.91 Å². The van der Waals surface area contributed by atoms with Crippen molar-refractivity contribution in [2.75, 3.05) is 0 Å². The van der Waals surface area contributed by atoms with Gasteiger partial charge in [0.05, 0.1) is 12.0 Å². The van der Waals surface area contributed by atoms with Crippen molar-refractivity contribution in [3.05, 3.63) is 29.8 Å². The van der Waals surface area contributed by atoms with Crippen molar-refractivity contribution in [3.8, 4) is 5.75 Å². The lowest BCUT2D eigenvalue weighted by molar-refractivity contribution is -0.157. The molecule has 0 radical (unpaired) electrons. The molecule has 8 nitrogen and oxygen atoms in total. The second kappa shape index (κ2) is 11.2. The van der Waals surface area contributed by atoms with Gasteiger partial charge >= 0.3 is 11.9 Å². The first-order chi connectivity index (χ1) is 13.5. The smallest absolute Gasteiger partial charge is 0.306 e. The predicted octanol–water partition coefficient (Wildman–Crippen LogP) is 2.08. The van der Waals surface area contributed by atoms with Crippen LogP contribution in [0.1, 0.15) is 46.1 Å². The van der Waals surface area contributed by atoms with Crippen molar-refractivity contribution in [3.63, 3.8) is 0 Å². The summed E-state index contributed by atoms with van der Waals surface area (Å²) in [5, 5.41) is 21.5. The van der Waals surface area contributed by atoms with Crippen LogP contribution in [0.15, 0.2) is 24.3 Å². The van der Waals surface area contributed by atoms with E-state index >= 15 is 0 Å². The molecule has 1 aromatic carbocycles. The van der Waals surface area contributed by atoms with Crippen LogP contribution in [0.5, 0.6) is 5.75 Å². The number of hydrogen-bond donors (Lipinski definition) is 3. The third-order valence-corrected chi connectivity index (χ3v) is 4.31. The van der Waals surface area contributed by atoms with Crippen molar-refractivity contribution in [2.24, 2.45) is 11.8 Å². The molecule has 0 aliphatic rings. The number of benzene rings is 1. The number of Topliss-reactive ketones (excluding diaryl/α,β-unsaturated/α-hetero) is 1. The number of amides is 1. The van der Waals surface area contributed by atoms with Gasteiger partial charge in [-0.05, 0) is 36.5 Å². The number of ether oxygens (including phenoxy) is 1. The third-order valence-electron chi connectivity index (χ3n) is 4.31. The number of carboxylic acids is 1. The Morgan fingerprint density at radius 2 is 1.66 bits per heavy atom. The number of esters is 1. The van der Waals surface area contributed by atoms with Gasteiger partial charge in [-0.2, -0.15) is 0 Å². The number of aliphatic carboxylic acids is 1. The predicted molar refractivity (Wildman–Crippen MR) is 105 cm³/mol. The summed E-state index contributed by atoms with van der Waals surface area (Å²) in [6, 6.07) is 5.30. The Kier molecular flexibility index (Phi) is 9.31. The fourth-order valence-corrected chi connectivity index (χ4v) is 3.13. The van der Waals surface area contributed by atoms with Gasteiger partial charge in [0.25, 0.3) is 0 Å². The maximum Gasteiger partial charge on any atom is 0.306 e. The molecule has 0 aliphatic carbocycles. The molecular weight excluding hydrogens is 378 g/mol. The Bertz CT molecular complexity index is 727. The Morgan fingerprint density at radius 3 is 2.10 bits per heavy atom. The lowest BCUT2D eigenvalue weighted by Crippen LogP contribution is -2.50. The quantitative estimate of drug-likeness (QED) is 0.479. The fourth-order valence-electron chi connectivity index (χ4n) is 3.13. The number of phenolic OH excluding ortho intramolecular Hbond substituents is 1. The van der Waals surface area contributed by atoms with Crippen LogP contribution >= 0.6 is 0 Å². The third kappa shape index (κ3) is 8.76. The van der Waals surface area contributed by atoms with E-state index in [1.807, 2.05) is 13.8 Å². The van der Waals surface area contributed by atoms with Gasteiger partial charge in [-0.25, -0.2) is 0 Å². The van der Waals surface area contributed by atoms with Crippen molar-refractivity contribution >= 4 is 23.6 Å². The maximum atomic E-state index is 12.9. The molecule has 0 heterocycles. The Hall–Kier alpha value is -2.90. The highest BCUT2D eigenvalue weighted by atomic mass is 16.5. The van der Waals surface area contributed by atoms with E-state index in [0.717, 1.165) is 6.92 Å². The highest BCUT2D eigenvalue weighted by Gasteiger charge is 2.35. The van der Waals surface area contributed by atoms with Crippen molar-refractivity contribution in [2.45, 2.75) is 59.1 Å². The summed E-state index contributed by atoms with van der Waals surface area (Å²) in [6.07, 6.45) is -1.17. The Morgan fingerprint density at radius 1 is 1.07 bits per heavy atom. The molecule has 0 fully saturated rings. The molecule has 1 rings (SSSR count). The summed E-state index contributed by atoms with van der Waals surface area (Å²) in [5.41, 5.74) is 0.698. The maximum absolute atomic E-state index is 12.9. The van der Waals surface area contributed by atoms with E-state index in [4.69, 9.17) is 4.74 Å². The first kappa shape index (κ1) is 24.1. The minimum atomic E-state index is -1.32. The van der Waals surface area contributed by atoms with Crippen molar-refractivity contribution in [1.82, 2.24) is 5.32 Å². The zero-order chi connectivity index (χ0) is 22.1. The summed E-state index contributed by atoms with van der Waals surface area (Å²) >= 11 is 0. The van der Waals surface area contributed by atoms with E-state index in [1.165, 1.54) is 19.1 Å². The summed E-state index contributed by atoms with van der Waals surface area (Å²) in [6.45, 7) is 6.14. The number of carbonyl (C=O) groups excluding carboxylic acids is 3. The number of carbonyl (C=O) groups is 4. The van der Waals surface area contributed by atoms with Crippen LogP contribution in [0.25, 0.3) is 0 Å². The van der Waals surface area contributed by atoms with Crippen LogP contribution in [0.2, 0.25) is 0 Å². The highest BCUT2D eigenvalue weighted by Crippen LogP contribution is 2.20. The molecule has 0 aromatic heterocycles. The van der Waals surface area contributed by atoms with Crippen molar-refractivity contribution < 1.29 is 34.1 Å². The van der Waals surface area contributed by atoms with Crippen LogP contribution in [0.3, 0.4) is 0 Å². The topological polar surface area (TPSA) is 130 Å². The van der Waals surface area contributed by atoms with Crippen LogP contribution in [-0.4, -0.2) is 46.0 Å². The van der Waals surface area contributed by atoms with Gasteiger partial charge in [-0.3, -0.25) is 19.2 Å². The molecule has 1 amide bonds. The molecule has 29 heavy (non-hydrogen) atoms. The molecule has 0 unspecified atom stereocenters. The number of ketones is 1. The van der Waals surface area contributed by atoms with Crippen LogP contribution < -0.4 is 5.32 Å². The molecule has 0 saturated carbocycles. The molecule has 0 aliphatic heterocycles. The van der Waals surface area contributed by atoms with E-state index in [-0.39, 0.29) is 24.5 Å². The lowest BCUT2D eigenvalue weighted by atomic mass is 9.88.